The number of anilines is 1. The third-order valence-corrected chi connectivity index (χ3v) is 2.63. The van der Waals surface area contributed by atoms with Crippen LogP contribution in [-0.2, 0) is 0 Å². The van der Waals surface area contributed by atoms with Crippen LogP contribution in [0.2, 0.25) is 0 Å². The molecular weight excluding hydrogens is 278 g/mol. The molecule has 0 fully saturated rings. The molecule has 0 spiro atoms. The van der Waals surface area contributed by atoms with Crippen molar-refractivity contribution in [1.82, 2.24) is 0 Å². The van der Waals surface area contributed by atoms with Gasteiger partial charge in [-0.25, -0.2) is 0 Å². The van der Waals surface area contributed by atoms with E-state index < -0.39 is 0 Å². The van der Waals surface area contributed by atoms with Gasteiger partial charge in [-0.05, 0) is 44.0 Å². The van der Waals surface area contributed by atoms with Crippen molar-refractivity contribution < 1.29 is 0 Å². The minimum Gasteiger partial charge on any atom is -0.397 e. The minimum absolute atomic E-state index is 0.706. The van der Waals surface area contributed by atoms with E-state index >= 15 is 0 Å². The summed E-state index contributed by atoms with van der Waals surface area (Å²) in [6.07, 6.45) is 0. The van der Waals surface area contributed by atoms with E-state index in [1.807, 2.05) is 12.1 Å². The molecule has 0 aliphatic rings. The average molecular weight is 283 g/mol. The lowest BCUT2D eigenvalue weighted by Crippen LogP contribution is -1.87. The second kappa shape index (κ2) is 3.15. The number of benzene rings is 1. The van der Waals surface area contributed by atoms with Crippen LogP contribution in [0.15, 0.2) is 26.0 Å². The maximum absolute atomic E-state index is 5.62. The molecule has 0 saturated carbocycles. The Hall–Kier alpha value is 0.330. The lowest BCUT2D eigenvalue weighted by molar-refractivity contribution is 1.42. The molecule has 1 aromatic rings. The number of halogens is 2. The fourth-order valence-electron chi connectivity index (χ4n) is 0.571. The molecule has 0 heterocycles. The molecular formula is C6H5Br2NS. The second-order valence-electron chi connectivity index (χ2n) is 1.82. The topological polar surface area (TPSA) is 26.0 Å². The van der Waals surface area contributed by atoms with Crippen LogP contribution < -0.4 is 5.73 Å². The van der Waals surface area contributed by atoms with Crippen LogP contribution in [0.5, 0.6) is 0 Å². The molecule has 0 aromatic heterocycles. The van der Waals surface area contributed by atoms with Crippen molar-refractivity contribution in [2.75, 3.05) is 5.73 Å². The largest absolute Gasteiger partial charge is 0.397 e. The van der Waals surface area contributed by atoms with Crippen molar-refractivity contribution in [3.05, 3.63) is 21.1 Å². The molecule has 0 aliphatic carbocycles. The summed E-state index contributed by atoms with van der Waals surface area (Å²) in [4.78, 5) is 0.882. The Bertz CT molecular complexity index is 239. The molecule has 1 aromatic carbocycles. The van der Waals surface area contributed by atoms with Gasteiger partial charge in [0.25, 0.3) is 0 Å². The van der Waals surface area contributed by atoms with Crippen LogP contribution in [0, 0.1) is 0 Å². The fraction of sp³-hybridized carbons (Fsp3) is 0. The third kappa shape index (κ3) is 1.68. The summed E-state index contributed by atoms with van der Waals surface area (Å²) in [6, 6.07) is 3.70. The predicted molar refractivity (Wildman–Crippen MR) is 53.5 cm³/mol. The highest BCUT2D eigenvalue weighted by Crippen LogP contribution is 2.30. The van der Waals surface area contributed by atoms with Crippen molar-refractivity contribution in [2.45, 2.75) is 4.90 Å². The van der Waals surface area contributed by atoms with Gasteiger partial charge in [0.05, 0.1) is 5.69 Å². The molecule has 0 bridgehead atoms. The van der Waals surface area contributed by atoms with Crippen LogP contribution in [-0.4, -0.2) is 0 Å². The highest BCUT2D eigenvalue weighted by Gasteiger charge is 2.00. The Morgan fingerprint density at radius 1 is 1.20 bits per heavy atom. The zero-order chi connectivity index (χ0) is 7.72. The highest BCUT2D eigenvalue weighted by molar-refractivity contribution is 9.11. The first kappa shape index (κ1) is 8.43. The van der Waals surface area contributed by atoms with Gasteiger partial charge in [0.1, 0.15) is 0 Å². The summed E-state index contributed by atoms with van der Waals surface area (Å²) >= 11 is 10.7. The van der Waals surface area contributed by atoms with Gasteiger partial charge >= 0.3 is 0 Å². The molecule has 0 atom stereocenters. The normalized spacial score (nSPS) is 9.90. The van der Waals surface area contributed by atoms with Crippen LogP contribution in [0.25, 0.3) is 0 Å². The SMILES string of the molecule is Nc1c(Br)cc(S)cc1Br. The van der Waals surface area contributed by atoms with E-state index in [1.54, 1.807) is 0 Å². The summed E-state index contributed by atoms with van der Waals surface area (Å²) in [7, 11) is 0. The van der Waals surface area contributed by atoms with E-state index in [2.05, 4.69) is 44.5 Å². The van der Waals surface area contributed by atoms with Crippen LogP contribution in [0.1, 0.15) is 0 Å². The first-order valence-corrected chi connectivity index (χ1v) is 4.58. The molecule has 10 heavy (non-hydrogen) atoms. The highest BCUT2D eigenvalue weighted by atomic mass is 79.9. The zero-order valence-electron chi connectivity index (χ0n) is 4.94. The number of hydrogen-bond acceptors (Lipinski definition) is 2. The van der Waals surface area contributed by atoms with Crippen molar-refractivity contribution in [2.24, 2.45) is 0 Å². The van der Waals surface area contributed by atoms with Gasteiger partial charge in [-0.1, -0.05) is 0 Å². The van der Waals surface area contributed by atoms with Gasteiger partial charge in [0, 0.05) is 13.8 Å². The van der Waals surface area contributed by atoms with E-state index in [9.17, 15) is 0 Å². The quantitative estimate of drug-likeness (QED) is 0.555. The maximum Gasteiger partial charge on any atom is 0.0603 e. The van der Waals surface area contributed by atoms with Gasteiger partial charge in [-0.2, -0.15) is 0 Å². The minimum atomic E-state index is 0.706. The molecule has 2 N–H and O–H groups in total. The number of nitrogens with two attached hydrogens (primary N) is 1. The monoisotopic (exact) mass is 281 g/mol. The van der Waals surface area contributed by atoms with Gasteiger partial charge in [-0.3, -0.25) is 0 Å². The molecule has 1 rings (SSSR count). The number of thiol groups is 1. The lowest BCUT2D eigenvalue weighted by Gasteiger charge is -2.01. The van der Waals surface area contributed by atoms with Crippen molar-refractivity contribution in [3.63, 3.8) is 0 Å². The summed E-state index contributed by atoms with van der Waals surface area (Å²) in [5, 5.41) is 0. The standard InChI is InChI=1S/C6H5Br2NS/c7-4-1-3(10)2-5(8)6(4)9/h1-2,10H,9H2. The first-order valence-electron chi connectivity index (χ1n) is 2.54. The van der Waals surface area contributed by atoms with E-state index in [-0.39, 0.29) is 0 Å². The summed E-state index contributed by atoms with van der Waals surface area (Å²) in [5.41, 5.74) is 6.33. The smallest absolute Gasteiger partial charge is 0.0603 e. The van der Waals surface area contributed by atoms with E-state index in [1.165, 1.54) is 0 Å². The number of nitrogen functional groups attached to an aromatic ring is 1. The van der Waals surface area contributed by atoms with Gasteiger partial charge in [0.2, 0.25) is 0 Å². The first-order chi connectivity index (χ1) is 4.61. The lowest BCUT2D eigenvalue weighted by atomic mass is 10.3. The second-order valence-corrected chi connectivity index (χ2v) is 4.05. The Labute approximate surface area is 81.7 Å². The Morgan fingerprint density at radius 3 is 2.00 bits per heavy atom. The molecule has 0 saturated heterocycles. The van der Waals surface area contributed by atoms with Crippen LogP contribution >= 0.6 is 44.5 Å². The van der Waals surface area contributed by atoms with Gasteiger partial charge < -0.3 is 5.73 Å². The van der Waals surface area contributed by atoms with Crippen molar-refractivity contribution in [3.8, 4) is 0 Å². The molecule has 0 aliphatic heterocycles. The van der Waals surface area contributed by atoms with Crippen molar-refractivity contribution >= 4 is 50.2 Å². The van der Waals surface area contributed by atoms with Crippen molar-refractivity contribution in [1.29, 1.82) is 0 Å². The molecule has 0 amide bonds. The summed E-state index contributed by atoms with van der Waals surface area (Å²) in [6.45, 7) is 0. The molecule has 0 unspecified atom stereocenters. The number of hydrogen-bond donors (Lipinski definition) is 2. The predicted octanol–water partition coefficient (Wildman–Crippen LogP) is 3.08. The summed E-state index contributed by atoms with van der Waals surface area (Å²) < 4.78 is 1.73. The Balaban J connectivity index is 3.31. The molecule has 1 nitrogen and oxygen atoms in total. The van der Waals surface area contributed by atoms with Gasteiger partial charge in [0.15, 0.2) is 0 Å². The fourth-order valence-corrected chi connectivity index (χ4v) is 2.37. The van der Waals surface area contributed by atoms with Gasteiger partial charge in [-0.15, -0.1) is 12.6 Å². The number of rotatable bonds is 0. The average Bonchev–Trinajstić information content (AvgIpc) is 1.82. The zero-order valence-corrected chi connectivity index (χ0v) is 9.00. The molecule has 0 radical (unpaired) electrons. The van der Waals surface area contributed by atoms with E-state index in [4.69, 9.17) is 5.73 Å². The molecule has 54 valence electrons. The van der Waals surface area contributed by atoms with E-state index in [0.717, 1.165) is 13.8 Å². The Kier molecular flexibility index (Phi) is 2.66. The Morgan fingerprint density at radius 2 is 1.60 bits per heavy atom. The molecule has 4 heteroatoms. The third-order valence-electron chi connectivity index (χ3n) is 1.06. The van der Waals surface area contributed by atoms with Crippen LogP contribution in [0.3, 0.4) is 0 Å². The van der Waals surface area contributed by atoms with E-state index in [0.29, 0.717) is 5.69 Å². The van der Waals surface area contributed by atoms with Crippen LogP contribution in [0.4, 0.5) is 5.69 Å². The summed E-state index contributed by atoms with van der Waals surface area (Å²) in [5.74, 6) is 0. The maximum atomic E-state index is 5.62.